The average Bonchev–Trinajstić information content (AvgIpc) is 2.83. The molecule has 2 rings (SSSR count). The molecule has 1 aliphatic rings. The summed E-state index contributed by atoms with van der Waals surface area (Å²) in [5.74, 6) is -0.774. The third-order valence-electron chi connectivity index (χ3n) is 5.24. The van der Waals surface area contributed by atoms with Crippen LogP contribution in [-0.4, -0.2) is 74.3 Å². The van der Waals surface area contributed by atoms with E-state index in [1.807, 2.05) is 30.3 Å². The third kappa shape index (κ3) is 11.1. The molecule has 10 heteroatoms. The lowest BCUT2D eigenvalue weighted by Gasteiger charge is -2.29. The van der Waals surface area contributed by atoms with Crippen molar-refractivity contribution in [3.63, 3.8) is 0 Å². The quantitative estimate of drug-likeness (QED) is 0.211. The fraction of sp³-hybridized carbons (Fsp3) is 0.542. The van der Waals surface area contributed by atoms with Crippen molar-refractivity contribution < 1.29 is 23.9 Å². The van der Waals surface area contributed by atoms with Gasteiger partial charge in [-0.1, -0.05) is 36.4 Å². The average molecular weight is 541 g/mol. The summed E-state index contributed by atoms with van der Waals surface area (Å²) in [6.07, 6.45) is 5.53. The van der Waals surface area contributed by atoms with Crippen molar-refractivity contribution in [2.45, 2.75) is 44.7 Å². The van der Waals surface area contributed by atoms with Crippen LogP contribution in [0.4, 0.5) is 4.79 Å². The van der Waals surface area contributed by atoms with Gasteiger partial charge in [-0.05, 0) is 38.3 Å². The molecular formula is C24H37BrN4O5. The van der Waals surface area contributed by atoms with E-state index in [1.54, 1.807) is 17.9 Å². The minimum atomic E-state index is -0.768. The van der Waals surface area contributed by atoms with Gasteiger partial charge in [0.2, 0.25) is 5.91 Å². The maximum Gasteiger partial charge on any atom is 0.330 e. The van der Waals surface area contributed by atoms with E-state index in [9.17, 15) is 14.4 Å². The fourth-order valence-corrected chi connectivity index (χ4v) is 3.46. The van der Waals surface area contributed by atoms with Crippen molar-refractivity contribution in [2.24, 2.45) is 5.73 Å². The van der Waals surface area contributed by atoms with Crippen LogP contribution in [0.3, 0.4) is 0 Å². The van der Waals surface area contributed by atoms with Crippen LogP contribution in [0.25, 0.3) is 0 Å². The Morgan fingerprint density at radius 1 is 1.15 bits per heavy atom. The van der Waals surface area contributed by atoms with Gasteiger partial charge in [0.15, 0.2) is 0 Å². The standard InChI is InChI=1S/C24H36N4O5.BrH/c1-2-33-22(29)12-11-20(10-6-7-13-25)26-23(30)21(18-19-8-4-3-5-9-19)27-24(31)28-14-16-32-17-15-28;/h3-5,8-9,11-12,20-21H,2,6-7,10,13-18,25H2,1H3,(H,26,30)(H,27,31);1H/b12-11+;. The molecular weight excluding hydrogens is 504 g/mol. The van der Waals surface area contributed by atoms with Crippen molar-refractivity contribution in [2.75, 3.05) is 39.5 Å². The van der Waals surface area contributed by atoms with Crippen LogP contribution in [0.15, 0.2) is 42.5 Å². The number of morpholine rings is 1. The molecule has 1 aromatic carbocycles. The highest BCUT2D eigenvalue weighted by Crippen LogP contribution is 2.08. The second kappa shape index (κ2) is 17.1. The van der Waals surface area contributed by atoms with Gasteiger partial charge < -0.3 is 30.7 Å². The second-order valence-electron chi connectivity index (χ2n) is 7.80. The first-order valence-corrected chi connectivity index (χ1v) is 11.6. The van der Waals surface area contributed by atoms with Crippen molar-refractivity contribution in [1.82, 2.24) is 15.5 Å². The van der Waals surface area contributed by atoms with E-state index in [4.69, 9.17) is 15.2 Å². The molecule has 9 nitrogen and oxygen atoms in total. The van der Waals surface area contributed by atoms with Gasteiger partial charge in [0.25, 0.3) is 0 Å². The van der Waals surface area contributed by atoms with Crippen LogP contribution in [0, 0.1) is 0 Å². The van der Waals surface area contributed by atoms with Crippen LogP contribution in [0.1, 0.15) is 31.7 Å². The lowest BCUT2D eigenvalue weighted by Crippen LogP contribution is -2.55. The van der Waals surface area contributed by atoms with E-state index in [-0.39, 0.29) is 41.6 Å². The molecule has 1 aromatic rings. The van der Waals surface area contributed by atoms with Crippen molar-refractivity contribution in [3.05, 3.63) is 48.0 Å². The zero-order valence-corrected chi connectivity index (χ0v) is 21.5. The molecule has 2 unspecified atom stereocenters. The number of nitrogens with one attached hydrogen (secondary N) is 2. The molecule has 0 saturated carbocycles. The summed E-state index contributed by atoms with van der Waals surface area (Å²) >= 11 is 0. The molecule has 1 heterocycles. The summed E-state index contributed by atoms with van der Waals surface area (Å²) in [5, 5.41) is 5.85. The molecule has 1 aliphatic heterocycles. The van der Waals surface area contributed by atoms with Gasteiger partial charge in [0.1, 0.15) is 6.04 Å². The number of benzene rings is 1. The molecule has 0 aliphatic carbocycles. The first-order chi connectivity index (χ1) is 16.0. The predicted octanol–water partition coefficient (Wildman–Crippen LogP) is 1.95. The molecule has 0 radical (unpaired) electrons. The number of halogens is 1. The second-order valence-corrected chi connectivity index (χ2v) is 7.80. The summed E-state index contributed by atoms with van der Waals surface area (Å²) in [6, 6.07) is 8.08. The number of amides is 3. The molecule has 34 heavy (non-hydrogen) atoms. The molecule has 4 N–H and O–H groups in total. The zero-order valence-electron chi connectivity index (χ0n) is 19.7. The Kier molecular flexibility index (Phi) is 14.9. The number of urea groups is 1. The molecule has 2 atom stereocenters. The predicted molar refractivity (Wildman–Crippen MR) is 136 cm³/mol. The Hall–Kier alpha value is -2.43. The Bertz CT molecular complexity index is 772. The number of unbranched alkanes of at least 4 members (excludes halogenated alkanes) is 1. The van der Waals surface area contributed by atoms with Gasteiger partial charge in [0.05, 0.1) is 19.8 Å². The summed E-state index contributed by atoms with van der Waals surface area (Å²) < 4.78 is 10.2. The number of hydrogen-bond acceptors (Lipinski definition) is 6. The minimum absolute atomic E-state index is 0. The lowest BCUT2D eigenvalue weighted by molar-refractivity contribution is -0.137. The zero-order chi connectivity index (χ0) is 23.9. The highest BCUT2D eigenvalue weighted by molar-refractivity contribution is 8.93. The molecule has 3 amide bonds. The normalized spacial score (nSPS) is 15.2. The maximum atomic E-state index is 13.2. The number of rotatable bonds is 12. The number of esters is 1. The van der Waals surface area contributed by atoms with Gasteiger partial charge in [-0.2, -0.15) is 0 Å². The number of ether oxygens (including phenoxy) is 2. The summed E-state index contributed by atoms with van der Waals surface area (Å²) in [5.41, 5.74) is 6.53. The van der Waals surface area contributed by atoms with Crippen molar-refractivity contribution in [3.8, 4) is 0 Å². The van der Waals surface area contributed by atoms with E-state index in [1.165, 1.54) is 6.08 Å². The highest BCUT2D eigenvalue weighted by Gasteiger charge is 2.26. The monoisotopic (exact) mass is 540 g/mol. The van der Waals surface area contributed by atoms with E-state index < -0.39 is 12.0 Å². The van der Waals surface area contributed by atoms with Crippen LogP contribution < -0.4 is 16.4 Å². The summed E-state index contributed by atoms with van der Waals surface area (Å²) in [7, 11) is 0. The SMILES string of the molecule is Br.CCOC(=O)/C=C/C(CCCCN)NC(=O)C(Cc1ccccc1)NC(=O)N1CCOCC1. The largest absolute Gasteiger partial charge is 0.463 e. The van der Waals surface area contributed by atoms with E-state index in [2.05, 4.69) is 10.6 Å². The van der Waals surface area contributed by atoms with Crippen LogP contribution in [-0.2, 0) is 25.5 Å². The van der Waals surface area contributed by atoms with Crippen LogP contribution >= 0.6 is 17.0 Å². The molecule has 0 aromatic heterocycles. The molecule has 0 spiro atoms. The number of nitrogens with zero attached hydrogens (tertiary/aromatic N) is 1. The van der Waals surface area contributed by atoms with E-state index >= 15 is 0 Å². The van der Waals surface area contributed by atoms with E-state index in [0.717, 1.165) is 18.4 Å². The van der Waals surface area contributed by atoms with Crippen molar-refractivity contribution in [1.29, 1.82) is 0 Å². The van der Waals surface area contributed by atoms with Gasteiger partial charge in [0, 0.05) is 31.6 Å². The molecule has 0 bridgehead atoms. The molecule has 1 saturated heterocycles. The van der Waals surface area contributed by atoms with Crippen LogP contribution in [0.2, 0.25) is 0 Å². The Labute approximate surface area is 212 Å². The number of hydrogen-bond donors (Lipinski definition) is 3. The smallest absolute Gasteiger partial charge is 0.330 e. The molecule has 190 valence electrons. The number of carbonyl (C=O) groups excluding carboxylic acids is 3. The Balaban J connectivity index is 0.00000578. The molecule has 1 fully saturated rings. The maximum absolute atomic E-state index is 13.2. The third-order valence-corrected chi connectivity index (χ3v) is 5.24. The van der Waals surface area contributed by atoms with Gasteiger partial charge in [-0.15, -0.1) is 17.0 Å². The van der Waals surface area contributed by atoms with Gasteiger partial charge >= 0.3 is 12.0 Å². The van der Waals surface area contributed by atoms with Crippen molar-refractivity contribution >= 4 is 34.9 Å². The summed E-state index contributed by atoms with van der Waals surface area (Å²) in [4.78, 5) is 39.4. The first-order valence-electron chi connectivity index (χ1n) is 11.6. The highest BCUT2D eigenvalue weighted by atomic mass is 79.9. The fourth-order valence-electron chi connectivity index (χ4n) is 3.46. The minimum Gasteiger partial charge on any atom is -0.463 e. The topological polar surface area (TPSA) is 123 Å². The Morgan fingerprint density at radius 2 is 1.85 bits per heavy atom. The van der Waals surface area contributed by atoms with E-state index in [0.29, 0.717) is 45.7 Å². The van der Waals surface area contributed by atoms with Gasteiger partial charge in [-0.25, -0.2) is 9.59 Å². The Morgan fingerprint density at radius 3 is 2.50 bits per heavy atom. The lowest BCUT2D eigenvalue weighted by atomic mass is 10.0. The number of nitrogens with two attached hydrogens (primary N) is 1. The van der Waals surface area contributed by atoms with Crippen LogP contribution in [0.5, 0.6) is 0 Å². The number of carbonyl (C=O) groups is 3. The first kappa shape index (κ1) is 29.6. The van der Waals surface area contributed by atoms with Gasteiger partial charge in [-0.3, -0.25) is 4.79 Å². The summed E-state index contributed by atoms with van der Waals surface area (Å²) in [6.45, 7) is 4.48.